The summed E-state index contributed by atoms with van der Waals surface area (Å²) >= 11 is 6.30. The Kier molecular flexibility index (Phi) is 6.11. The topological polar surface area (TPSA) is 96.0 Å². The lowest BCUT2D eigenvalue weighted by atomic mass is 9.99. The summed E-state index contributed by atoms with van der Waals surface area (Å²) < 4.78 is 5.74. The van der Waals surface area contributed by atoms with E-state index in [-0.39, 0.29) is 24.0 Å². The molecule has 1 saturated heterocycles. The Morgan fingerprint density at radius 2 is 1.89 bits per heavy atom. The first-order chi connectivity index (χ1) is 18.3. The van der Waals surface area contributed by atoms with Gasteiger partial charge in [-0.05, 0) is 79.5 Å². The molecule has 1 unspecified atom stereocenters. The molecule has 2 saturated carbocycles. The molecular weight excluding hydrogens is 506 g/mol. The van der Waals surface area contributed by atoms with Crippen LogP contribution in [-0.4, -0.2) is 41.8 Å². The third kappa shape index (κ3) is 4.74. The molecule has 8 nitrogen and oxygen atoms in total. The Morgan fingerprint density at radius 1 is 1.11 bits per heavy atom. The molecule has 9 heteroatoms. The Balaban J connectivity index is 1.23. The lowest BCUT2D eigenvalue weighted by Crippen LogP contribution is -2.52. The van der Waals surface area contributed by atoms with Gasteiger partial charge in [0.15, 0.2) is 0 Å². The molecule has 38 heavy (non-hydrogen) atoms. The number of carbonyl (C=O) groups is 4. The third-order valence-electron chi connectivity index (χ3n) is 7.49. The lowest BCUT2D eigenvalue weighted by molar-refractivity contribution is -0.136. The molecule has 4 aliphatic rings. The molecule has 1 atom stereocenters. The Labute approximate surface area is 225 Å². The minimum Gasteiger partial charge on any atom is -0.410 e. The smallest absolute Gasteiger partial charge is 0.410 e. The van der Waals surface area contributed by atoms with Crippen molar-refractivity contribution in [3.63, 3.8) is 0 Å². The van der Waals surface area contributed by atoms with Crippen LogP contribution in [-0.2, 0) is 16.1 Å². The molecule has 3 fully saturated rings. The highest BCUT2D eigenvalue weighted by Crippen LogP contribution is 2.46. The fourth-order valence-corrected chi connectivity index (χ4v) is 5.14. The number of hydrogen-bond acceptors (Lipinski definition) is 5. The highest BCUT2D eigenvalue weighted by Gasteiger charge is 2.42. The number of imide groups is 1. The van der Waals surface area contributed by atoms with Gasteiger partial charge in [-0.25, -0.2) is 4.79 Å². The van der Waals surface area contributed by atoms with E-state index >= 15 is 0 Å². The monoisotopic (exact) mass is 531 g/mol. The third-order valence-corrected chi connectivity index (χ3v) is 7.82. The lowest BCUT2D eigenvalue weighted by Gasteiger charge is -2.29. The number of halogens is 1. The summed E-state index contributed by atoms with van der Waals surface area (Å²) in [5.74, 6) is 6.22. The van der Waals surface area contributed by atoms with Crippen molar-refractivity contribution in [3.8, 4) is 17.6 Å². The van der Waals surface area contributed by atoms with Crippen LogP contribution < -0.4 is 15.0 Å². The number of hydrogen-bond donors (Lipinski definition) is 1. The van der Waals surface area contributed by atoms with Crippen LogP contribution in [0.2, 0.25) is 5.02 Å². The molecule has 0 radical (unpaired) electrons. The first kappa shape index (κ1) is 24.5. The van der Waals surface area contributed by atoms with Crippen molar-refractivity contribution in [3.05, 3.63) is 57.6 Å². The average molecular weight is 532 g/mol. The van der Waals surface area contributed by atoms with Crippen LogP contribution in [0.3, 0.4) is 0 Å². The number of piperidine rings is 1. The van der Waals surface area contributed by atoms with Gasteiger partial charge in [0.2, 0.25) is 11.8 Å². The zero-order valence-electron chi connectivity index (χ0n) is 20.9. The van der Waals surface area contributed by atoms with Gasteiger partial charge in [0.1, 0.15) is 11.8 Å². The van der Waals surface area contributed by atoms with Crippen molar-refractivity contribution >= 4 is 41.1 Å². The molecule has 2 aromatic rings. The van der Waals surface area contributed by atoms with Gasteiger partial charge in [0.25, 0.3) is 5.91 Å². The van der Waals surface area contributed by atoms with Gasteiger partial charge in [-0.1, -0.05) is 23.4 Å². The summed E-state index contributed by atoms with van der Waals surface area (Å²) in [5, 5.41) is 2.85. The summed E-state index contributed by atoms with van der Waals surface area (Å²) in [6, 6.07) is 7.91. The number of anilines is 1. The molecule has 2 heterocycles. The maximum atomic E-state index is 13.4. The molecule has 0 spiro atoms. The molecular formula is C29H26ClN3O5. The number of nitrogens with zero attached hydrogens (tertiary/aromatic N) is 2. The van der Waals surface area contributed by atoms with Crippen molar-refractivity contribution in [1.29, 1.82) is 0 Å². The number of rotatable bonds is 4. The highest BCUT2D eigenvalue weighted by molar-refractivity contribution is 6.31. The van der Waals surface area contributed by atoms with E-state index in [9.17, 15) is 19.2 Å². The summed E-state index contributed by atoms with van der Waals surface area (Å²) in [4.78, 5) is 53.4. The molecule has 6 rings (SSSR count). The van der Waals surface area contributed by atoms with Crippen molar-refractivity contribution < 1.29 is 23.9 Å². The normalized spacial score (nSPS) is 20.4. The number of ether oxygens (including phenoxy) is 1. The van der Waals surface area contributed by atoms with E-state index in [4.69, 9.17) is 16.3 Å². The van der Waals surface area contributed by atoms with E-state index in [1.54, 1.807) is 31.3 Å². The van der Waals surface area contributed by atoms with Crippen molar-refractivity contribution in [2.45, 2.75) is 57.0 Å². The molecule has 0 bridgehead atoms. The minimum atomic E-state index is -0.695. The van der Waals surface area contributed by atoms with E-state index in [1.807, 2.05) is 6.07 Å². The first-order valence-corrected chi connectivity index (χ1v) is 13.2. The van der Waals surface area contributed by atoms with Gasteiger partial charge in [-0.2, -0.15) is 0 Å². The number of nitrogens with one attached hydrogen (secondary N) is 1. The highest BCUT2D eigenvalue weighted by atomic mass is 35.5. The fraction of sp³-hybridized carbons (Fsp3) is 0.379. The fourth-order valence-electron chi connectivity index (χ4n) is 4.98. The van der Waals surface area contributed by atoms with Crippen LogP contribution in [0.5, 0.6) is 5.75 Å². The van der Waals surface area contributed by atoms with E-state index in [0.29, 0.717) is 46.6 Å². The average Bonchev–Trinajstić information content (AvgIpc) is 3.82. The maximum absolute atomic E-state index is 13.4. The quantitative estimate of drug-likeness (QED) is 0.467. The van der Waals surface area contributed by atoms with Crippen LogP contribution in [0.25, 0.3) is 0 Å². The second-order valence-corrected chi connectivity index (χ2v) is 10.8. The van der Waals surface area contributed by atoms with Gasteiger partial charge in [-0.3, -0.25) is 24.6 Å². The molecule has 2 aromatic carbocycles. The van der Waals surface area contributed by atoms with Gasteiger partial charge in [-0.15, -0.1) is 0 Å². The largest absolute Gasteiger partial charge is 0.419 e. The van der Waals surface area contributed by atoms with Gasteiger partial charge < -0.3 is 9.64 Å². The predicted molar refractivity (Wildman–Crippen MR) is 140 cm³/mol. The Hall–Kier alpha value is -3.83. The van der Waals surface area contributed by atoms with E-state index in [0.717, 1.165) is 36.8 Å². The van der Waals surface area contributed by atoms with Crippen LogP contribution in [0.1, 0.15) is 71.5 Å². The summed E-state index contributed by atoms with van der Waals surface area (Å²) in [7, 11) is 1.61. The van der Waals surface area contributed by atoms with E-state index < -0.39 is 18.0 Å². The number of carbonyl (C=O) groups excluding carboxylic acids is 4. The second kappa shape index (κ2) is 9.48. The zero-order valence-corrected chi connectivity index (χ0v) is 21.6. The summed E-state index contributed by atoms with van der Waals surface area (Å²) in [6.07, 6.45) is 4.08. The zero-order chi connectivity index (χ0) is 26.6. The Bertz CT molecular complexity index is 1450. The number of fused-ring (bicyclic) bond motifs is 1. The van der Waals surface area contributed by atoms with E-state index in [1.165, 1.54) is 9.80 Å². The Morgan fingerprint density at radius 3 is 2.61 bits per heavy atom. The van der Waals surface area contributed by atoms with Crippen LogP contribution in [0, 0.1) is 17.8 Å². The molecule has 1 N–H and O–H groups in total. The molecule has 2 aliphatic carbocycles. The standard InChI is InChI=1S/C29H26ClN3O5/c1-32(19-8-9-24(30)18(12-19)5-4-16-2-3-16)29(37)38-20-13-21(17-6-7-17)23-15-33(28(36)22(23)14-20)25-10-11-26(34)31-27(25)35/h8-9,12-14,16-17,25H,2-3,6-7,10-11,15H2,1H3,(H,31,34,35). The van der Waals surface area contributed by atoms with Gasteiger partial charge in [0.05, 0.1) is 5.02 Å². The van der Waals surface area contributed by atoms with Crippen LogP contribution in [0.4, 0.5) is 10.5 Å². The maximum Gasteiger partial charge on any atom is 0.419 e. The van der Waals surface area contributed by atoms with Gasteiger partial charge >= 0.3 is 6.09 Å². The molecule has 194 valence electrons. The van der Waals surface area contributed by atoms with Crippen molar-refractivity contribution in [2.24, 2.45) is 5.92 Å². The number of amides is 4. The number of benzene rings is 2. The first-order valence-electron chi connectivity index (χ1n) is 12.9. The second-order valence-electron chi connectivity index (χ2n) is 10.3. The minimum absolute atomic E-state index is 0.194. The van der Waals surface area contributed by atoms with Crippen LogP contribution in [0.15, 0.2) is 30.3 Å². The van der Waals surface area contributed by atoms with Crippen LogP contribution >= 0.6 is 11.6 Å². The molecule has 2 aliphatic heterocycles. The predicted octanol–water partition coefficient (Wildman–Crippen LogP) is 4.38. The summed E-state index contributed by atoms with van der Waals surface area (Å²) in [6.45, 7) is 0.301. The van der Waals surface area contributed by atoms with E-state index in [2.05, 4.69) is 17.2 Å². The van der Waals surface area contributed by atoms with Gasteiger partial charge in [0, 0.05) is 42.7 Å². The summed E-state index contributed by atoms with van der Waals surface area (Å²) in [5.41, 5.74) is 3.52. The molecule has 0 aromatic heterocycles. The molecule has 4 amide bonds. The van der Waals surface area contributed by atoms with Crippen molar-refractivity contribution in [2.75, 3.05) is 11.9 Å². The SMILES string of the molecule is CN(C(=O)Oc1cc2c(c(C3CC3)c1)CN(C1CCC(=O)NC1=O)C2=O)c1ccc(Cl)c(C#CC2CC2)c1. The van der Waals surface area contributed by atoms with Crippen molar-refractivity contribution in [1.82, 2.24) is 10.2 Å².